The first-order valence-corrected chi connectivity index (χ1v) is 4.12. The summed E-state index contributed by atoms with van der Waals surface area (Å²) >= 11 is 5.78. The summed E-state index contributed by atoms with van der Waals surface area (Å²) in [6, 6.07) is -0.226. The third-order valence-corrected chi connectivity index (χ3v) is 2.21. The van der Waals surface area contributed by atoms with Crippen molar-refractivity contribution in [2.75, 3.05) is 0 Å². The van der Waals surface area contributed by atoms with Crippen molar-refractivity contribution in [1.82, 2.24) is 9.78 Å². The van der Waals surface area contributed by atoms with Gasteiger partial charge < -0.3 is 0 Å². The summed E-state index contributed by atoms with van der Waals surface area (Å²) < 4.78 is 1.58. The first-order chi connectivity index (χ1) is 5.52. The zero-order valence-corrected chi connectivity index (χ0v) is 8.09. The second-order valence-electron chi connectivity index (χ2n) is 2.83. The lowest BCUT2D eigenvalue weighted by Gasteiger charge is -2.06. The number of carbonyl (C=O) groups excluding carboxylic acids is 1. The summed E-state index contributed by atoms with van der Waals surface area (Å²) in [5.74, 6) is 0.0779. The minimum absolute atomic E-state index is 0.0779. The van der Waals surface area contributed by atoms with Gasteiger partial charge in [0.15, 0.2) is 5.78 Å². The Balaban J connectivity index is 2.96. The SMILES string of the molecule is CC(=O)C(C)n1cc(Cl)c(C)n1. The number of ketones is 1. The van der Waals surface area contributed by atoms with Gasteiger partial charge in [0, 0.05) is 6.20 Å². The molecule has 0 amide bonds. The van der Waals surface area contributed by atoms with Gasteiger partial charge in [0.05, 0.1) is 10.7 Å². The summed E-state index contributed by atoms with van der Waals surface area (Å²) in [6.07, 6.45) is 1.67. The highest BCUT2D eigenvalue weighted by Gasteiger charge is 2.12. The molecule has 1 heterocycles. The quantitative estimate of drug-likeness (QED) is 0.708. The molecule has 0 fully saturated rings. The van der Waals surface area contributed by atoms with E-state index in [1.807, 2.05) is 6.92 Å². The Morgan fingerprint density at radius 1 is 1.75 bits per heavy atom. The van der Waals surface area contributed by atoms with Crippen LogP contribution in [-0.2, 0) is 4.79 Å². The molecule has 0 saturated carbocycles. The minimum atomic E-state index is -0.226. The monoisotopic (exact) mass is 186 g/mol. The summed E-state index contributed by atoms with van der Waals surface area (Å²) in [5, 5.41) is 4.70. The van der Waals surface area contributed by atoms with E-state index >= 15 is 0 Å². The molecule has 1 aromatic heterocycles. The second-order valence-corrected chi connectivity index (χ2v) is 3.24. The van der Waals surface area contributed by atoms with Crippen molar-refractivity contribution in [3.63, 3.8) is 0 Å². The first kappa shape index (κ1) is 9.26. The number of hydrogen-bond donors (Lipinski definition) is 0. The zero-order valence-electron chi connectivity index (χ0n) is 7.34. The van der Waals surface area contributed by atoms with Gasteiger partial charge in [0.1, 0.15) is 6.04 Å². The van der Waals surface area contributed by atoms with Crippen molar-refractivity contribution in [3.8, 4) is 0 Å². The predicted octanol–water partition coefficient (Wildman–Crippen LogP) is 1.99. The average Bonchev–Trinajstić information content (AvgIpc) is 2.30. The van der Waals surface area contributed by atoms with E-state index in [4.69, 9.17) is 11.6 Å². The maximum atomic E-state index is 11.0. The molecule has 1 atom stereocenters. The maximum absolute atomic E-state index is 11.0. The van der Waals surface area contributed by atoms with Gasteiger partial charge in [-0.2, -0.15) is 5.10 Å². The number of aromatic nitrogens is 2. The molecule has 0 bridgehead atoms. The summed E-state index contributed by atoms with van der Waals surface area (Å²) in [7, 11) is 0. The Hall–Kier alpha value is -0.830. The fraction of sp³-hybridized carbons (Fsp3) is 0.500. The molecule has 0 N–H and O–H groups in total. The van der Waals surface area contributed by atoms with E-state index in [2.05, 4.69) is 5.10 Å². The van der Waals surface area contributed by atoms with Crippen LogP contribution in [0.15, 0.2) is 6.20 Å². The molecular weight excluding hydrogens is 176 g/mol. The van der Waals surface area contributed by atoms with Gasteiger partial charge in [-0.3, -0.25) is 9.48 Å². The maximum Gasteiger partial charge on any atom is 0.154 e. The highest BCUT2D eigenvalue weighted by atomic mass is 35.5. The molecular formula is C8H11ClN2O. The van der Waals surface area contributed by atoms with Crippen LogP contribution in [0.5, 0.6) is 0 Å². The molecule has 4 heteroatoms. The number of hydrogen-bond acceptors (Lipinski definition) is 2. The Labute approximate surface area is 76.3 Å². The van der Waals surface area contributed by atoms with Crippen LogP contribution < -0.4 is 0 Å². The van der Waals surface area contributed by atoms with Gasteiger partial charge >= 0.3 is 0 Å². The van der Waals surface area contributed by atoms with Gasteiger partial charge in [-0.1, -0.05) is 11.6 Å². The van der Waals surface area contributed by atoms with Crippen molar-refractivity contribution in [2.45, 2.75) is 26.8 Å². The van der Waals surface area contributed by atoms with Crippen molar-refractivity contribution in [3.05, 3.63) is 16.9 Å². The second kappa shape index (κ2) is 3.27. The molecule has 0 aromatic carbocycles. The van der Waals surface area contributed by atoms with Gasteiger partial charge in [0.25, 0.3) is 0 Å². The van der Waals surface area contributed by atoms with Crippen LogP contribution in [0.4, 0.5) is 0 Å². The van der Waals surface area contributed by atoms with E-state index < -0.39 is 0 Å². The van der Waals surface area contributed by atoms with E-state index in [9.17, 15) is 4.79 Å². The molecule has 0 radical (unpaired) electrons. The number of Topliss-reactive ketones (excluding diaryl/α,β-unsaturated/α-hetero) is 1. The lowest BCUT2D eigenvalue weighted by molar-refractivity contribution is -0.119. The first-order valence-electron chi connectivity index (χ1n) is 3.74. The number of halogens is 1. The average molecular weight is 187 g/mol. The fourth-order valence-corrected chi connectivity index (χ4v) is 0.982. The van der Waals surface area contributed by atoms with E-state index in [0.717, 1.165) is 5.69 Å². The molecule has 1 rings (SSSR count). The Bertz CT molecular complexity index is 287. The summed E-state index contributed by atoms with van der Waals surface area (Å²) in [4.78, 5) is 11.0. The third-order valence-electron chi connectivity index (χ3n) is 1.84. The zero-order chi connectivity index (χ0) is 9.30. The lowest BCUT2D eigenvalue weighted by Crippen LogP contribution is -2.13. The van der Waals surface area contributed by atoms with Crippen LogP contribution >= 0.6 is 11.6 Å². The number of rotatable bonds is 2. The van der Waals surface area contributed by atoms with E-state index in [-0.39, 0.29) is 11.8 Å². The molecule has 0 aliphatic heterocycles. The van der Waals surface area contributed by atoms with Crippen LogP contribution in [0.1, 0.15) is 25.6 Å². The molecule has 12 heavy (non-hydrogen) atoms. The van der Waals surface area contributed by atoms with E-state index in [1.54, 1.807) is 17.8 Å². The number of nitrogens with zero attached hydrogens (tertiary/aromatic N) is 2. The topological polar surface area (TPSA) is 34.9 Å². The van der Waals surface area contributed by atoms with Crippen molar-refractivity contribution >= 4 is 17.4 Å². The molecule has 1 aromatic rings. The number of carbonyl (C=O) groups is 1. The fourth-order valence-electron chi connectivity index (χ4n) is 0.844. The third kappa shape index (κ3) is 1.67. The van der Waals surface area contributed by atoms with Crippen LogP contribution in [-0.4, -0.2) is 15.6 Å². The molecule has 0 aliphatic carbocycles. The molecule has 3 nitrogen and oxygen atoms in total. The standard InChI is InChI=1S/C8H11ClN2O/c1-5-8(9)4-11(10-5)6(2)7(3)12/h4,6H,1-3H3. The molecule has 0 saturated heterocycles. The van der Waals surface area contributed by atoms with E-state index in [1.165, 1.54) is 6.92 Å². The lowest BCUT2D eigenvalue weighted by atomic mass is 10.2. The smallest absolute Gasteiger partial charge is 0.154 e. The Morgan fingerprint density at radius 2 is 2.33 bits per heavy atom. The molecule has 0 spiro atoms. The van der Waals surface area contributed by atoms with Gasteiger partial charge in [-0.15, -0.1) is 0 Å². The summed E-state index contributed by atoms with van der Waals surface area (Å²) in [6.45, 7) is 5.15. The van der Waals surface area contributed by atoms with E-state index in [0.29, 0.717) is 5.02 Å². The molecule has 0 aliphatic rings. The van der Waals surface area contributed by atoms with Crippen LogP contribution in [0, 0.1) is 6.92 Å². The summed E-state index contributed by atoms with van der Waals surface area (Å²) in [5.41, 5.74) is 0.754. The number of aryl methyl sites for hydroxylation is 1. The minimum Gasteiger partial charge on any atom is -0.298 e. The molecule has 1 unspecified atom stereocenters. The van der Waals surface area contributed by atoms with Crippen molar-refractivity contribution in [1.29, 1.82) is 0 Å². The highest BCUT2D eigenvalue weighted by molar-refractivity contribution is 6.31. The highest BCUT2D eigenvalue weighted by Crippen LogP contribution is 2.15. The van der Waals surface area contributed by atoms with Crippen molar-refractivity contribution in [2.24, 2.45) is 0 Å². The Kier molecular flexibility index (Phi) is 2.52. The molecule has 66 valence electrons. The largest absolute Gasteiger partial charge is 0.298 e. The van der Waals surface area contributed by atoms with Crippen LogP contribution in [0.3, 0.4) is 0 Å². The van der Waals surface area contributed by atoms with Gasteiger partial charge in [0.2, 0.25) is 0 Å². The van der Waals surface area contributed by atoms with Crippen LogP contribution in [0.2, 0.25) is 5.02 Å². The van der Waals surface area contributed by atoms with Gasteiger partial charge in [-0.25, -0.2) is 0 Å². The van der Waals surface area contributed by atoms with Crippen molar-refractivity contribution < 1.29 is 4.79 Å². The van der Waals surface area contributed by atoms with Crippen LogP contribution in [0.25, 0.3) is 0 Å². The normalized spacial score (nSPS) is 13.0. The van der Waals surface area contributed by atoms with Gasteiger partial charge in [-0.05, 0) is 20.8 Å². The predicted molar refractivity (Wildman–Crippen MR) is 47.4 cm³/mol. The Morgan fingerprint density at radius 3 is 2.67 bits per heavy atom.